The molecule has 2 fully saturated rings. The summed E-state index contributed by atoms with van der Waals surface area (Å²) in [4.78, 5) is 28.7. The molecule has 7 nitrogen and oxygen atoms in total. The van der Waals surface area contributed by atoms with Crippen LogP contribution < -0.4 is 16.6 Å². The third kappa shape index (κ3) is 3.75. The molecule has 0 spiro atoms. The highest BCUT2D eigenvalue weighted by Gasteiger charge is 2.24. The molecule has 2 saturated heterocycles. The van der Waals surface area contributed by atoms with Crippen molar-refractivity contribution in [1.29, 1.82) is 0 Å². The molecule has 30 heavy (non-hydrogen) atoms. The van der Waals surface area contributed by atoms with Gasteiger partial charge in [-0.2, -0.15) is 0 Å². The number of aromatic amines is 1. The largest absolute Gasteiger partial charge is 0.344 e. The molecular formula is C23H29N5O2. The number of hydrogen-bond acceptors (Lipinski definition) is 4. The Labute approximate surface area is 175 Å². The zero-order valence-electron chi connectivity index (χ0n) is 17.2. The zero-order valence-corrected chi connectivity index (χ0v) is 17.2. The number of likely N-dealkylation sites (tertiary alicyclic amines) is 1. The lowest BCUT2D eigenvalue weighted by atomic mass is 9.96. The van der Waals surface area contributed by atoms with E-state index in [1.54, 1.807) is 6.20 Å². The molecule has 0 unspecified atom stereocenters. The van der Waals surface area contributed by atoms with Crippen LogP contribution in [0.5, 0.6) is 0 Å². The van der Waals surface area contributed by atoms with Crippen molar-refractivity contribution in [2.45, 2.75) is 31.7 Å². The smallest absolute Gasteiger partial charge is 0.332 e. The van der Waals surface area contributed by atoms with E-state index >= 15 is 0 Å². The molecule has 2 aromatic heterocycles. The summed E-state index contributed by atoms with van der Waals surface area (Å²) in [6, 6.07) is 9.98. The van der Waals surface area contributed by atoms with E-state index in [1.807, 2.05) is 12.1 Å². The molecule has 5 rings (SSSR count). The number of nitrogens with one attached hydrogen (secondary N) is 2. The minimum atomic E-state index is -0.408. The summed E-state index contributed by atoms with van der Waals surface area (Å²) in [6.07, 6.45) is 8.60. The average Bonchev–Trinajstić information content (AvgIpc) is 3.20. The molecule has 2 aliphatic heterocycles. The van der Waals surface area contributed by atoms with Crippen LogP contribution in [0.2, 0.25) is 0 Å². The molecule has 0 radical (unpaired) electrons. The fourth-order valence-corrected chi connectivity index (χ4v) is 5.12. The van der Waals surface area contributed by atoms with Gasteiger partial charge in [-0.1, -0.05) is 6.07 Å². The van der Waals surface area contributed by atoms with Crippen molar-refractivity contribution in [3.63, 3.8) is 0 Å². The number of hydrogen-bond donors (Lipinski definition) is 2. The summed E-state index contributed by atoms with van der Waals surface area (Å²) in [5.74, 6) is 0.841. The van der Waals surface area contributed by atoms with E-state index in [0.717, 1.165) is 61.5 Å². The van der Waals surface area contributed by atoms with Crippen LogP contribution >= 0.6 is 0 Å². The maximum Gasteiger partial charge on any atom is 0.332 e. The van der Waals surface area contributed by atoms with Crippen LogP contribution in [0.3, 0.4) is 0 Å². The number of H-pyrrole nitrogens is 1. The Bertz CT molecular complexity index is 1130. The van der Waals surface area contributed by atoms with Crippen molar-refractivity contribution >= 4 is 10.9 Å². The van der Waals surface area contributed by atoms with Crippen molar-refractivity contribution in [1.82, 2.24) is 24.3 Å². The van der Waals surface area contributed by atoms with E-state index in [0.29, 0.717) is 6.04 Å². The first-order chi connectivity index (χ1) is 14.7. The van der Waals surface area contributed by atoms with E-state index < -0.39 is 5.69 Å². The number of benzene rings is 1. The van der Waals surface area contributed by atoms with Crippen molar-refractivity contribution in [3.05, 3.63) is 63.6 Å². The standard InChI is InChI=1S/C23H29N5O2/c29-22-9-15-28(23(30)25-22)21-3-1-2-20-19(21)8-14-27(20)18-6-12-26(13-7-18)16-17-4-10-24-11-5-17/h1-3,8-9,14-15,17-18,24H,4-7,10-13,16H2,(H,25,29,30). The van der Waals surface area contributed by atoms with Crippen LogP contribution in [0.1, 0.15) is 31.7 Å². The van der Waals surface area contributed by atoms with Gasteiger partial charge in [0.25, 0.3) is 5.56 Å². The van der Waals surface area contributed by atoms with Gasteiger partial charge in [0.2, 0.25) is 0 Å². The Kier molecular flexibility index (Phi) is 5.31. The minimum absolute atomic E-state index is 0.378. The van der Waals surface area contributed by atoms with Gasteiger partial charge < -0.3 is 14.8 Å². The number of aromatic nitrogens is 3. The Balaban J connectivity index is 1.35. The summed E-state index contributed by atoms with van der Waals surface area (Å²) in [6.45, 7) is 5.86. The second kappa shape index (κ2) is 8.24. The molecule has 7 heteroatoms. The second-order valence-electron chi connectivity index (χ2n) is 8.64. The highest BCUT2D eigenvalue weighted by atomic mass is 16.2. The van der Waals surface area contributed by atoms with Gasteiger partial charge in [0, 0.05) is 49.5 Å². The Morgan fingerprint density at radius 2 is 1.73 bits per heavy atom. The van der Waals surface area contributed by atoms with E-state index in [1.165, 1.54) is 30.0 Å². The Morgan fingerprint density at radius 3 is 2.50 bits per heavy atom. The molecule has 3 aromatic rings. The van der Waals surface area contributed by atoms with Crippen LogP contribution in [0.25, 0.3) is 16.6 Å². The predicted octanol–water partition coefficient (Wildman–Crippen LogP) is 2.12. The lowest BCUT2D eigenvalue weighted by Gasteiger charge is -2.36. The number of piperidine rings is 2. The lowest BCUT2D eigenvalue weighted by Crippen LogP contribution is -2.40. The molecule has 0 saturated carbocycles. The van der Waals surface area contributed by atoms with Gasteiger partial charge >= 0.3 is 5.69 Å². The molecular weight excluding hydrogens is 378 g/mol. The SMILES string of the molecule is O=c1ccn(-c2cccc3c2ccn3C2CCN(CC3CCNCC3)CC2)c(=O)[nH]1. The average molecular weight is 408 g/mol. The number of rotatable bonds is 4. The topological polar surface area (TPSA) is 75.1 Å². The Hall–Kier alpha value is -2.64. The number of fused-ring (bicyclic) bond motifs is 1. The molecule has 2 N–H and O–H groups in total. The van der Waals surface area contributed by atoms with Gasteiger partial charge in [-0.05, 0) is 62.9 Å². The first-order valence-electron chi connectivity index (χ1n) is 11.0. The van der Waals surface area contributed by atoms with Gasteiger partial charge in [0.1, 0.15) is 0 Å². The second-order valence-corrected chi connectivity index (χ2v) is 8.64. The van der Waals surface area contributed by atoms with Gasteiger partial charge in [0.15, 0.2) is 0 Å². The van der Waals surface area contributed by atoms with Crippen molar-refractivity contribution in [2.24, 2.45) is 5.92 Å². The molecule has 1 aromatic carbocycles. The quantitative estimate of drug-likeness (QED) is 0.695. The van der Waals surface area contributed by atoms with E-state index in [4.69, 9.17) is 0 Å². The van der Waals surface area contributed by atoms with Crippen LogP contribution in [0, 0.1) is 5.92 Å². The highest BCUT2D eigenvalue weighted by Crippen LogP contribution is 2.30. The van der Waals surface area contributed by atoms with Crippen LogP contribution in [0.4, 0.5) is 0 Å². The van der Waals surface area contributed by atoms with Crippen LogP contribution in [-0.4, -0.2) is 51.7 Å². The summed E-state index contributed by atoms with van der Waals surface area (Å²) >= 11 is 0. The van der Waals surface area contributed by atoms with Crippen LogP contribution in [0.15, 0.2) is 52.3 Å². The third-order valence-electron chi connectivity index (χ3n) is 6.75. The minimum Gasteiger partial charge on any atom is -0.344 e. The number of nitrogens with zero attached hydrogens (tertiary/aromatic N) is 3. The summed E-state index contributed by atoms with van der Waals surface area (Å²) < 4.78 is 3.88. The predicted molar refractivity (Wildman–Crippen MR) is 118 cm³/mol. The van der Waals surface area contributed by atoms with Gasteiger partial charge in [-0.15, -0.1) is 0 Å². The molecule has 2 aliphatic rings. The normalized spacial score (nSPS) is 19.5. The van der Waals surface area contributed by atoms with Gasteiger partial charge in [0.05, 0.1) is 11.2 Å². The molecule has 0 aliphatic carbocycles. The summed E-state index contributed by atoms with van der Waals surface area (Å²) in [7, 11) is 0. The molecule has 0 amide bonds. The van der Waals surface area contributed by atoms with Crippen molar-refractivity contribution in [2.75, 3.05) is 32.7 Å². The molecule has 4 heterocycles. The zero-order chi connectivity index (χ0) is 20.5. The van der Waals surface area contributed by atoms with E-state index in [-0.39, 0.29) is 5.56 Å². The monoisotopic (exact) mass is 407 g/mol. The van der Waals surface area contributed by atoms with Crippen molar-refractivity contribution < 1.29 is 0 Å². The lowest BCUT2D eigenvalue weighted by molar-refractivity contribution is 0.152. The molecule has 158 valence electrons. The molecule has 0 atom stereocenters. The Morgan fingerprint density at radius 1 is 0.933 bits per heavy atom. The first-order valence-corrected chi connectivity index (χ1v) is 11.0. The van der Waals surface area contributed by atoms with E-state index in [2.05, 4.69) is 38.1 Å². The maximum atomic E-state index is 12.3. The summed E-state index contributed by atoms with van der Waals surface area (Å²) in [5, 5.41) is 4.49. The maximum absolute atomic E-state index is 12.3. The fourth-order valence-electron chi connectivity index (χ4n) is 5.12. The summed E-state index contributed by atoms with van der Waals surface area (Å²) in [5.41, 5.74) is 1.16. The highest BCUT2D eigenvalue weighted by molar-refractivity contribution is 5.88. The molecule has 0 bridgehead atoms. The van der Waals surface area contributed by atoms with Crippen LogP contribution in [-0.2, 0) is 0 Å². The fraction of sp³-hybridized carbons (Fsp3) is 0.478. The van der Waals surface area contributed by atoms with Crippen molar-refractivity contribution in [3.8, 4) is 5.69 Å². The van der Waals surface area contributed by atoms with E-state index in [9.17, 15) is 9.59 Å². The third-order valence-corrected chi connectivity index (χ3v) is 6.75. The first kappa shape index (κ1) is 19.3. The van der Waals surface area contributed by atoms with Gasteiger partial charge in [-0.3, -0.25) is 14.3 Å². The van der Waals surface area contributed by atoms with Gasteiger partial charge in [-0.25, -0.2) is 4.79 Å².